The fraction of sp³-hybridized carbons (Fsp3) is 0.167. The smallest absolute Gasteiger partial charge is 0.271 e. The Morgan fingerprint density at radius 2 is 1.84 bits per heavy atom. The molecular weight excluding hydrogens is 406 g/mol. The zero-order valence-electron chi connectivity index (χ0n) is 13.8. The summed E-state index contributed by atoms with van der Waals surface area (Å²) >= 11 is 9.16. The molecule has 0 aliphatic rings. The van der Waals surface area contributed by atoms with Gasteiger partial charge in [0.15, 0.2) is 0 Å². The van der Waals surface area contributed by atoms with Gasteiger partial charge in [-0.15, -0.1) is 0 Å². The summed E-state index contributed by atoms with van der Waals surface area (Å²) in [6.07, 6.45) is 0.0798. The van der Waals surface area contributed by atoms with Crippen molar-refractivity contribution < 1.29 is 9.59 Å². The summed E-state index contributed by atoms with van der Waals surface area (Å²) in [5, 5.41) is 7.33. The van der Waals surface area contributed by atoms with E-state index < -0.39 is 0 Å². The molecule has 0 aliphatic heterocycles. The topological polar surface area (TPSA) is 70.6 Å². The van der Waals surface area contributed by atoms with Gasteiger partial charge in [0.25, 0.3) is 5.91 Å². The van der Waals surface area contributed by atoms with Crippen LogP contribution in [-0.2, 0) is 4.79 Å². The maximum absolute atomic E-state index is 12.1. The number of anilines is 1. The second-order valence-corrected chi connectivity index (χ2v) is 6.83. The highest BCUT2D eigenvalue weighted by atomic mass is 79.9. The number of amides is 2. The van der Waals surface area contributed by atoms with E-state index in [0.717, 1.165) is 15.7 Å². The molecule has 0 atom stereocenters. The van der Waals surface area contributed by atoms with Gasteiger partial charge in [0, 0.05) is 26.5 Å². The summed E-state index contributed by atoms with van der Waals surface area (Å²) in [6.45, 7) is 3.59. The van der Waals surface area contributed by atoms with Crippen molar-refractivity contribution in [1.29, 1.82) is 0 Å². The molecule has 5 nitrogen and oxygen atoms in total. The molecule has 2 aromatic rings. The molecule has 2 aromatic carbocycles. The van der Waals surface area contributed by atoms with E-state index >= 15 is 0 Å². The van der Waals surface area contributed by atoms with Crippen molar-refractivity contribution in [1.82, 2.24) is 5.43 Å². The Hall–Kier alpha value is -2.18. The van der Waals surface area contributed by atoms with E-state index in [2.05, 4.69) is 31.8 Å². The number of rotatable bonds is 5. The summed E-state index contributed by atoms with van der Waals surface area (Å²) in [5.41, 5.74) is 5.06. The highest BCUT2D eigenvalue weighted by Gasteiger charge is 2.08. The Labute approximate surface area is 159 Å². The molecule has 2 N–H and O–H groups in total. The summed E-state index contributed by atoms with van der Waals surface area (Å²) < 4.78 is 0.950. The zero-order valence-corrected chi connectivity index (χ0v) is 16.1. The number of carbonyl (C=O) groups excluding carboxylic acids is 2. The highest BCUT2D eigenvalue weighted by Crippen LogP contribution is 2.20. The SMILES string of the molecule is CC(CC(=O)Nc1ccc(Br)cc1C)=NNC(=O)c1ccc(Cl)cc1. The summed E-state index contributed by atoms with van der Waals surface area (Å²) in [6, 6.07) is 12.1. The van der Waals surface area contributed by atoms with Gasteiger partial charge < -0.3 is 5.32 Å². The largest absolute Gasteiger partial charge is 0.326 e. The lowest BCUT2D eigenvalue weighted by Gasteiger charge is -2.09. The normalized spacial score (nSPS) is 11.1. The van der Waals surface area contributed by atoms with E-state index in [1.165, 1.54) is 0 Å². The minimum atomic E-state index is -0.361. The van der Waals surface area contributed by atoms with Crippen molar-refractivity contribution in [2.24, 2.45) is 5.10 Å². The highest BCUT2D eigenvalue weighted by molar-refractivity contribution is 9.10. The minimum Gasteiger partial charge on any atom is -0.326 e. The predicted molar refractivity (Wildman–Crippen MR) is 104 cm³/mol. The van der Waals surface area contributed by atoms with Gasteiger partial charge in [-0.05, 0) is 61.9 Å². The van der Waals surface area contributed by atoms with Crippen LogP contribution in [0.5, 0.6) is 0 Å². The lowest BCUT2D eigenvalue weighted by Crippen LogP contribution is -2.21. The van der Waals surface area contributed by atoms with Crippen molar-refractivity contribution in [3.05, 3.63) is 63.1 Å². The first kappa shape index (κ1) is 19.1. The molecule has 0 saturated carbocycles. The first-order valence-electron chi connectivity index (χ1n) is 7.50. The van der Waals surface area contributed by atoms with Gasteiger partial charge in [0.2, 0.25) is 5.91 Å². The van der Waals surface area contributed by atoms with Crippen LogP contribution in [0.2, 0.25) is 5.02 Å². The number of benzene rings is 2. The molecule has 7 heteroatoms. The molecule has 0 spiro atoms. The van der Waals surface area contributed by atoms with Gasteiger partial charge in [-0.3, -0.25) is 9.59 Å². The fourth-order valence-electron chi connectivity index (χ4n) is 2.05. The van der Waals surface area contributed by atoms with Crippen molar-refractivity contribution >= 4 is 50.7 Å². The first-order chi connectivity index (χ1) is 11.8. The van der Waals surface area contributed by atoms with Gasteiger partial charge in [0.1, 0.15) is 0 Å². The molecule has 2 rings (SSSR count). The number of hydrogen-bond acceptors (Lipinski definition) is 3. The van der Waals surface area contributed by atoms with E-state index in [1.807, 2.05) is 25.1 Å². The third-order valence-electron chi connectivity index (χ3n) is 3.33. The molecule has 0 fully saturated rings. The molecule has 0 heterocycles. The molecule has 25 heavy (non-hydrogen) atoms. The Morgan fingerprint density at radius 1 is 1.16 bits per heavy atom. The molecule has 0 bridgehead atoms. The number of nitrogens with one attached hydrogen (secondary N) is 2. The Morgan fingerprint density at radius 3 is 2.48 bits per heavy atom. The van der Waals surface area contributed by atoms with E-state index in [9.17, 15) is 9.59 Å². The monoisotopic (exact) mass is 421 g/mol. The molecule has 2 amide bonds. The third kappa shape index (κ3) is 5.99. The van der Waals surface area contributed by atoms with E-state index in [-0.39, 0.29) is 18.2 Å². The maximum Gasteiger partial charge on any atom is 0.271 e. The third-order valence-corrected chi connectivity index (χ3v) is 4.08. The molecule has 0 radical (unpaired) electrons. The number of nitrogens with zero attached hydrogens (tertiary/aromatic N) is 1. The number of hydrogen-bond donors (Lipinski definition) is 2. The van der Waals surface area contributed by atoms with Crippen molar-refractivity contribution in [3.63, 3.8) is 0 Å². The minimum absolute atomic E-state index is 0.0798. The van der Waals surface area contributed by atoms with E-state index in [4.69, 9.17) is 11.6 Å². The molecule has 0 aromatic heterocycles. The van der Waals surface area contributed by atoms with Crippen LogP contribution in [0.15, 0.2) is 52.0 Å². The fourth-order valence-corrected chi connectivity index (χ4v) is 2.65. The van der Waals surface area contributed by atoms with E-state index in [0.29, 0.717) is 16.3 Å². The summed E-state index contributed by atoms with van der Waals surface area (Å²) in [7, 11) is 0. The molecular formula is C18H17BrClN3O2. The maximum atomic E-state index is 12.1. The van der Waals surface area contributed by atoms with Crippen LogP contribution < -0.4 is 10.7 Å². The van der Waals surface area contributed by atoms with Crippen molar-refractivity contribution in [2.45, 2.75) is 20.3 Å². The van der Waals surface area contributed by atoms with Gasteiger partial charge in [-0.2, -0.15) is 5.10 Å². The van der Waals surface area contributed by atoms with Crippen LogP contribution in [0.3, 0.4) is 0 Å². The zero-order chi connectivity index (χ0) is 18.4. The summed E-state index contributed by atoms with van der Waals surface area (Å²) in [4.78, 5) is 24.0. The van der Waals surface area contributed by atoms with Gasteiger partial charge in [-0.25, -0.2) is 5.43 Å². The molecule has 130 valence electrons. The average Bonchev–Trinajstić information content (AvgIpc) is 2.56. The second kappa shape index (κ2) is 8.78. The number of halogens is 2. The Bertz CT molecular complexity index is 820. The summed E-state index contributed by atoms with van der Waals surface area (Å²) in [5.74, 6) is -0.562. The second-order valence-electron chi connectivity index (χ2n) is 5.48. The number of hydrazone groups is 1. The van der Waals surface area contributed by atoms with Crippen LogP contribution in [0.4, 0.5) is 5.69 Å². The lowest BCUT2D eigenvalue weighted by molar-refractivity contribution is -0.115. The van der Waals surface area contributed by atoms with Gasteiger partial charge in [0.05, 0.1) is 6.42 Å². The van der Waals surface area contributed by atoms with E-state index in [1.54, 1.807) is 31.2 Å². The molecule has 0 saturated heterocycles. The Balaban J connectivity index is 1.90. The van der Waals surface area contributed by atoms with Crippen LogP contribution in [0, 0.1) is 6.92 Å². The van der Waals surface area contributed by atoms with Crippen molar-refractivity contribution in [2.75, 3.05) is 5.32 Å². The number of carbonyl (C=O) groups is 2. The quantitative estimate of drug-likeness (QED) is 0.548. The predicted octanol–water partition coefficient (Wildman–Crippen LogP) is 4.55. The average molecular weight is 423 g/mol. The van der Waals surface area contributed by atoms with Gasteiger partial charge in [-0.1, -0.05) is 27.5 Å². The van der Waals surface area contributed by atoms with Crippen LogP contribution in [-0.4, -0.2) is 17.5 Å². The molecule has 0 aliphatic carbocycles. The lowest BCUT2D eigenvalue weighted by atomic mass is 10.2. The first-order valence-corrected chi connectivity index (χ1v) is 8.67. The van der Waals surface area contributed by atoms with Gasteiger partial charge >= 0.3 is 0 Å². The standard InChI is InChI=1S/C18H17BrClN3O2/c1-11-9-14(19)5-8-16(11)21-17(24)10-12(2)22-23-18(25)13-3-6-15(20)7-4-13/h3-9H,10H2,1-2H3,(H,21,24)(H,23,25). The Kier molecular flexibility index (Phi) is 6.73. The van der Waals surface area contributed by atoms with Crippen LogP contribution >= 0.6 is 27.5 Å². The van der Waals surface area contributed by atoms with Crippen LogP contribution in [0.25, 0.3) is 0 Å². The van der Waals surface area contributed by atoms with Crippen molar-refractivity contribution in [3.8, 4) is 0 Å². The molecule has 0 unspecified atom stereocenters. The van der Waals surface area contributed by atoms with Crippen LogP contribution in [0.1, 0.15) is 29.3 Å². The number of aryl methyl sites for hydroxylation is 1.